The number of alkyl carbamates (subject to hydrolysis) is 1. The van der Waals surface area contributed by atoms with Crippen LogP contribution in [0.3, 0.4) is 0 Å². The van der Waals surface area contributed by atoms with Crippen LogP contribution in [-0.4, -0.2) is 45.7 Å². The lowest BCUT2D eigenvalue weighted by Crippen LogP contribution is -2.32. The fraction of sp³-hybridized carbons (Fsp3) is 0.400. The van der Waals surface area contributed by atoms with Gasteiger partial charge in [-0.1, -0.05) is 42.5 Å². The number of rotatable bonds is 11. The van der Waals surface area contributed by atoms with Crippen LogP contribution in [0.2, 0.25) is 0 Å². The zero-order chi connectivity index (χ0) is 24.4. The molecule has 1 amide bonds. The number of hydrogen-bond acceptors (Lipinski definition) is 6. The Morgan fingerprint density at radius 2 is 1.71 bits per heavy atom. The number of amides is 1. The van der Waals surface area contributed by atoms with Gasteiger partial charge in [0.25, 0.3) is 0 Å². The van der Waals surface area contributed by atoms with E-state index in [1.54, 1.807) is 10.9 Å². The minimum absolute atomic E-state index is 0.155. The van der Waals surface area contributed by atoms with E-state index in [0.717, 1.165) is 16.9 Å². The van der Waals surface area contributed by atoms with Gasteiger partial charge in [-0.15, -0.1) is 0 Å². The van der Waals surface area contributed by atoms with Crippen molar-refractivity contribution < 1.29 is 14.3 Å². The van der Waals surface area contributed by atoms with E-state index in [1.165, 1.54) is 4.68 Å². The summed E-state index contributed by atoms with van der Waals surface area (Å²) in [7, 11) is 0. The zero-order valence-electron chi connectivity index (χ0n) is 20.0. The van der Waals surface area contributed by atoms with Crippen molar-refractivity contribution in [2.45, 2.75) is 46.0 Å². The Balaban J connectivity index is 1.39. The normalized spacial score (nSPS) is 11.3. The Hall–Kier alpha value is -3.59. The summed E-state index contributed by atoms with van der Waals surface area (Å²) in [5.41, 5.74) is 1.23. The summed E-state index contributed by atoms with van der Waals surface area (Å²) in [6.07, 6.45) is 1.10. The van der Waals surface area contributed by atoms with Gasteiger partial charge in [-0.05, 0) is 44.0 Å². The van der Waals surface area contributed by atoms with Gasteiger partial charge in [0.1, 0.15) is 24.3 Å². The molecule has 0 bridgehead atoms. The SMILES string of the molecule is CC(C)(C)OC(=O)NCc1ccc(Cn2cnn(CCNCCOc3ccccc3)c2=O)cc1. The predicted molar refractivity (Wildman–Crippen MR) is 130 cm³/mol. The van der Waals surface area contributed by atoms with Gasteiger partial charge in [0.2, 0.25) is 0 Å². The predicted octanol–water partition coefficient (Wildman–Crippen LogP) is 2.79. The van der Waals surface area contributed by atoms with E-state index in [9.17, 15) is 9.59 Å². The average Bonchev–Trinajstić information content (AvgIpc) is 3.14. The molecular weight excluding hydrogens is 434 g/mol. The van der Waals surface area contributed by atoms with Crippen molar-refractivity contribution in [1.82, 2.24) is 25.0 Å². The van der Waals surface area contributed by atoms with Gasteiger partial charge in [-0.3, -0.25) is 4.57 Å². The smallest absolute Gasteiger partial charge is 0.407 e. The Bertz CT molecular complexity index is 1080. The molecule has 0 atom stereocenters. The highest BCUT2D eigenvalue weighted by Gasteiger charge is 2.15. The van der Waals surface area contributed by atoms with Gasteiger partial charge in [0.15, 0.2) is 0 Å². The third-order valence-corrected chi connectivity index (χ3v) is 4.80. The molecule has 9 heteroatoms. The molecule has 0 saturated heterocycles. The zero-order valence-corrected chi connectivity index (χ0v) is 20.0. The van der Waals surface area contributed by atoms with Crippen LogP contribution in [0, 0.1) is 0 Å². The molecule has 0 radical (unpaired) electrons. The van der Waals surface area contributed by atoms with Crippen LogP contribution in [0.25, 0.3) is 0 Å². The van der Waals surface area contributed by atoms with Gasteiger partial charge in [0.05, 0.1) is 13.1 Å². The maximum Gasteiger partial charge on any atom is 0.407 e. The van der Waals surface area contributed by atoms with E-state index >= 15 is 0 Å². The first-order chi connectivity index (χ1) is 16.3. The van der Waals surface area contributed by atoms with Gasteiger partial charge >= 0.3 is 11.8 Å². The fourth-order valence-electron chi connectivity index (χ4n) is 3.15. The Labute approximate surface area is 199 Å². The third-order valence-electron chi connectivity index (χ3n) is 4.80. The van der Waals surface area contributed by atoms with Gasteiger partial charge in [-0.2, -0.15) is 5.10 Å². The molecule has 3 rings (SSSR count). The first kappa shape index (κ1) is 25.0. The van der Waals surface area contributed by atoms with Crippen LogP contribution >= 0.6 is 0 Å². The molecule has 1 aromatic heterocycles. The number of aromatic nitrogens is 3. The van der Waals surface area contributed by atoms with Crippen LogP contribution in [0.15, 0.2) is 65.7 Å². The number of carbonyl (C=O) groups excluding carboxylic acids is 1. The summed E-state index contributed by atoms with van der Waals surface area (Å²) in [4.78, 5) is 24.4. The molecule has 3 aromatic rings. The minimum Gasteiger partial charge on any atom is -0.492 e. The first-order valence-corrected chi connectivity index (χ1v) is 11.4. The maximum absolute atomic E-state index is 12.6. The monoisotopic (exact) mass is 467 g/mol. The fourth-order valence-corrected chi connectivity index (χ4v) is 3.15. The van der Waals surface area contributed by atoms with Crippen LogP contribution in [0.1, 0.15) is 31.9 Å². The highest BCUT2D eigenvalue weighted by molar-refractivity contribution is 5.67. The second-order valence-corrected chi connectivity index (χ2v) is 8.85. The Morgan fingerprint density at radius 1 is 1.00 bits per heavy atom. The number of benzene rings is 2. The highest BCUT2D eigenvalue weighted by Crippen LogP contribution is 2.09. The third kappa shape index (κ3) is 8.40. The molecule has 0 saturated carbocycles. The molecule has 1 heterocycles. The highest BCUT2D eigenvalue weighted by atomic mass is 16.6. The van der Waals surface area contributed by atoms with Gasteiger partial charge in [0, 0.05) is 19.6 Å². The summed E-state index contributed by atoms with van der Waals surface area (Å²) in [5, 5.41) is 10.2. The molecule has 34 heavy (non-hydrogen) atoms. The second-order valence-electron chi connectivity index (χ2n) is 8.85. The number of para-hydroxylation sites is 1. The van der Waals surface area contributed by atoms with Crippen molar-refractivity contribution in [3.63, 3.8) is 0 Å². The lowest BCUT2D eigenvalue weighted by molar-refractivity contribution is 0.0523. The van der Waals surface area contributed by atoms with E-state index in [4.69, 9.17) is 9.47 Å². The van der Waals surface area contributed by atoms with E-state index in [1.807, 2.05) is 75.4 Å². The molecular formula is C25H33N5O4. The summed E-state index contributed by atoms with van der Waals surface area (Å²) in [5.74, 6) is 0.839. The number of carbonyl (C=O) groups is 1. The molecule has 0 aliphatic rings. The number of ether oxygens (including phenoxy) is 2. The molecule has 0 spiro atoms. The Morgan fingerprint density at radius 3 is 2.41 bits per heavy atom. The van der Waals surface area contributed by atoms with E-state index in [-0.39, 0.29) is 5.69 Å². The topological polar surface area (TPSA) is 99.4 Å². The quantitative estimate of drug-likeness (QED) is 0.421. The van der Waals surface area contributed by atoms with Crippen molar-refractivity contribution in [2.75, 3.05) is 19.7 Å². The van der Waals surface area contributed by atoms with Crippen molar-refractivity contribution in [3.8, 4) is 5.75 Å². The largest absolute Gasteiger partial charge is 0.492 e. The summed E-state index contributed by atoms with van der Waals surface area (Å²) in [6, 6.07) is 17.4. The molecule has 0 aliphatic heterocycles. The lowest BCUT2D eigenvalue weighted by atomic mass is 10.1. The minimum atomic E-state index is -0.529. The lowest BCUT2D eigenvalue weighted by Gasteiger charge is -2.19. The molecule has 0 fully saturated rings. The van der Waals surface area contributed by atoms with E-state index < -0.39 is 11.7 Å². The van der Waals surface area contributed by atoms with Crippen LogP contribution in [0.4, 0.5) is 4.79 Å². The molecule has 2 N–H and O–H groups in total. The molecule has 0 aliphatic carbocycles. The number of nitrogens with one attached hydrogen (secondary N) is 2. The average molecular weight is 468 g/mol. The molecule has 182 valence electrons. The van der Waals surface area contributed by atoms with Crippen LogP contribution in [0.5, 0.6) is 5.75 Å². The van der Waals surface area contributed by atoms with Crippen molar-refractivity contribution in [1.29, 1.82) is 0 Å². The van der Waals surface area contributed by atoms with Crippen molar-refractivity contribution in [2.24, 2.45) is 0 Å². The number of hydrogen-bond donors (Lipinski definition) is 2. The Kier molecular flexibility index (Phi) is 8.86. The second kappa shape index (κ2) is 12.0. The standard InChI is InChI=1S/C25H33N5O4/c1-25(2,3)34-23(31)27-17-20-9-11-21(12-10-20)18-29-19-28-30(24(29)32)15-13-26-14-16-33-22-7-5-4-6-8-22/h4-12,19,26H,13-18H2,1-3H3,(H,27,31). The van der Waals surface area contributed by atoms with Gasteiger partial charge in [-0.25, -0.2) is 14.3 Å². The molecule has 9 nitrogen and oxygen atoms in total. The van der Waals surface area contributed by atoms with Gasteiger partial charge < -0.3 is 20.1 Å². The van der Waals surface area contributed by atoms with E-state index in [2.05, 4.69) is 15.7 Å². The maximum atomic E-state index is 12.6. The number of nitrogens with zero attached hydrogens (tertiary/aromatic N) is 3. The summed E-state index contributed by atoms with van der Waals surface area (Å²) >= 11 is 0. The van der Waals surface area contributed by atoms with Crippen LogP contribution < -0.4 is 21.1 Å². The molecule has 0 unspecified atom stereocenters. The summed E-state index contributed by atoms with van der Waals surface area (Å²) in [6.45, 7) is 8.60. The van der Waals surface area contributed by atoms with Crippen molar-refractivity contribution in [3.05, 3.63) is 82.5 Å². The van der Waals surface area contributed by atoms with Crippen molar-refractivity contribution >= 4 is 6.09 Å². The first-order valence-electron chi connectivity index (χ1n) is 11.4. The summed E-state index contributed by atoms with van der Waals surface area (Å²) < 4.78 is 13.9. The molecule has 2 aromatic carbocycles. The van der Waals surface area contributed by atoms with E-state index in [0.29, 0.717) is 39.3 Å². The van der Waals surface area contributed by atoms with Crippen LogP contribution in [-0.2, 0) is 24.4 Å².